The third-order valence-electron chi connectivity index (χ3n) is 3.36. The van der Waals surface area contributed by atoms with Gasteiger partial charge in [-0.05, 0) is 42.0 Å². The van der Waals surface area contributed by atoms with Gasteiger partial charge >= 0.3 is 0 Å². The van der Waals surface area contributed by atoms with E-state index in [0.29, 0.717) is 11.3 Å². The van der Waals surface area contributed by atoms with Gasteiger partial charge in [0.25, 0.3) is 0 Å². The molecule has 0 fully saturated rings. The molecule has 1 amide bonds. The first-order chi connectivity index (χ1) is 11.9. The molecule has 134 valence electrons. The Labute approximate surface area is 146 Å². The normalized spacial score (nSPS) is 11.1. The lowest BCUT2D eigenvalue weighted by Gasteiger charge is -2.09. The third-order valence-corrected chi connectivity index (χ3v) is 4.84. The summed E-state index contributed by atoms with van der Waals surface area (Å²) in [6.07, 6.45) is 0.0307. The lowest BCUT2D eigenvalue weighted by molar-refractivity contribution is -0.120. The van der Waals surface area contributed by atoms with Gasteiger partial charge in [0.05, 0.1) is 18.4 Å². The maximum atomic E-state index is 13.0. The Morgan fingerprint density at radius 1 is 1.12 bits per heavy atom. The highest BCUT2D eigenvalue weighted by molar-refractivity contribution is 7.89. The van der Waals surface area contributed by atoms with Gasteiger partial charge in [-0.2, -0.15) is 0 Å². The molecule has 0 heterocycles. The molecule has 0 spiro atoms. The molecule has 0 aliphatic rings. The van der Waals surface area contributed by atoms with E-state index in [0.717, 1.165) is 0 Å². The number of nitrogens with one attached hydrogen (secondary N) is 2. The average molecular weight is 366 g/mol. The molecule has 0 saturated carbocycles. The van der Waals surface area contributed by atoms with E-state index in [4.69, 9.17) is 4.74 Å². The van der Waals surface area contributed by atoms with Crippen LogP contribution in [0.4, 0.5) is 4.39 Å². The maximum absolute atomic E-state index is 13.0. The zero-order valence-electron chi connectivity index (χ0n) is 13.7. The second-order valence-corrected chi connectivity index (χ2v) is 7.00. The van der Waals surface area contributed by atoms with E-state index in [2.05, 4.69) is 10.0 Å². The molecule has 2 rings (SSSR count). The van der Waals surface area contributed by atoms with E-state index < -0.39 is 15.8 Å². The lowest BCUT2D eigenvalue weighted by atomic mass is 10.1. The molecule has 0 radical (unpaired) electrons. The summed E-state index contributed by atoms with van der Waals surface area (Å²) in [5.74, 6) is -0.157. The molecule has 0 saturated heterocycles. The van der Waals surface area contributed by atoms with Crippen LogP contribution in [0, 0.1) is 5.82 Å². The SMILES string of the molecule is COc1ccc(S(=O)(=O)NCCNC(=O)Cc2cccc(F)c2)cc1. The number of carbonyl (C=O) groups is 1. The van der Waals surface area contributed by atoms with Crippen LogP contribution in [0.15, 0.2) is 53.4 Å². The molecule has 0 aliphatic heterocycles. The van der Waals surface area contributed by atoms with Gasteiger partial charge in [0, 0.05) is 13.1 Å². The van der Waals surface area contributed by atoms with Gasteiger partial charge in [0.1, 0.15) is 11.6 Å². The zero-order chi connectivity index (χ0) is 18.3. The summed E-state index contributed by atoms with van der Waals surface area (Å²) in [5, 5.41) is 2.58. The van der Waals surface area contributed by atoms with Crippen molar-refractivity contribution < 1.29 is 22.3 Å². The summed E-state index contributed by atoms with van der Waals surface area (Å²) >= 11 is 0. The van der Waals surface area contributed by atoms with Crippen molar-refractivity contribution in [2.45, 2.75) is 11.3 Å². The first-order valence-corrected chi connectivity index (χ1v) is 9.04. The highest BCUT2D eigenvalue weighted by Gasteiger charge is 2.13. The largest absolute Gasteiger partial charge is 0.497 e. The standard InChI is InChI=1S/C17H19FN2O4S/c1-24-15-5-7-16(8-6-15)25(22,23)20-10-9-19-17(21)12-13-3-2-4-14(18)11-13/h2-8,11,20H,9-10,12H2,1H3,(H,19,21). The second-order valence-electron chi connectivity index (χ2n) is 5.23. The van der Waals surface area contributed by atoms with Crippen LogP contribution in [0.5, 0.6) is 5.75 Å². The third kappa shape index (κ3) is 5.84. The first kappa shape index (κ1) is 18.9. The first-order valence-electron chi connectivity index (χ1n) is 7.55. The molecule has 2 N–H and O–H groups in total. The molecule has 25 heavy (non-hydrogen) atoms. The molecular weight excluding hydrogens is 347 g/mol. The molecule has 0 bridgehead atoms. The van der Waals surface area contributed by atoms with E-state index in [1.165, 1.54) is 37.4 Å². The van der Waals surface area contributed by atoms with Crippen LogP contribution in [0.25, 0.3) is 0 Å². The highest BCUT2D eigenvalue weighted by atomic mass is 32.2. The van der Waals surface area contributed by atoms with Crippen LogP contribution < -0.4 is 14.8 Å². The Bertz CT molecular complexity index is 823. The van der Waals surface area contributed by atoms with Crippen molar-refractivity contribution in [3.05, 3.63) is 59.9 Å². The van der Waals surface area contributed by atoms with Crippen molar-refractivity contribution in [1.82, 2.24) is 10.0 Å². The number of benzene rings is 2. The van der Waals surface area contributed by atoms with Crippen molar-refractivity contribution >= 4 is 15.9 Å². The highest BCUT2D eigenvalue weighted by Crippen LogP contribution is 2.14. The Kier molecular flexibility index (Phi) is 6.49. The minimum absolute atomic E-state index is 0.0307. The van der Waals surface area contributed by atoms with Gasteiger partial charge in [-0.3, -0.25) is 4.79 Å². The topological polar surface area (TPSA) is 84.5 Å². The van der Waals surface area contributed by atoms with E-state index in [1.807, 2.05) is 0 Å². The van der Waals surface area contributed by atoms with E-state index in [9.17, 15) is 17.6 Å². The Hall–Kier alpha value is -2.45. The fourth-order valence-corrected chi connectivity index (χ4v) is 3.15. The molecule has 8 heteroatoms. The molecule has 6 nitrogen and oxygen atoms in total. The van der Waals surface area contributed by atoms with Gasteiger partial charge in [0.2, 0.25) is 15.9 Å². The van der Waals surface area contributed by atoms with Crippen LogP contribution >= 0.6 is 0 Å². The van der Waals surface area contributed by atoms with Crippen molar-refractivity contribution in [2.24, 2.45) is 0 Å². The molecular formula is C17H19FN2O4S. The lowest BCUT2D eigenvalue weighted by Crippen LogP contribution is -2.35. The molecule has 0 aliphatic carbocycles. The van der Waals surface area contributed by atoms with Crippen molar-refractivity contribution in [3.8, 4) is 5.75 Å². The van der Waals surface area contributed by atoms with E-state index >= 15 is 0 Å². The van der Waals surface area contributed by atoms with Crippen LogP contribution in [0.1, 0.15) is 5.56 Å². The van der Waals surface area contributed by atoms with Crippen molar-refractivity contribution in [1.29, 1.82) is 0 Å². The number of hydrogen-bond donors (Lipinski definition) is 2. The van der Waals surface area contributed by atoms with Crippen LogP contribution in [0.3, 0.4) is 0 Å². The maximum Gasteiger partial charge on any atom is 0.240 e. The molecule has 0 unspecified atom stereocenters. The Morgan fingerprint density at radius 2 is 1.84 bits per heavy atom. The van der Waals surface area contributed by atoms with Crippen LogP contribution in [-0.4, -0.2) is 34.5 Å². The van der Waals surface area contributed by atoms with Crippen LogP contribution in [0.2, 0.25) is 0 Å². The zero-order valence-corrected chi connectivity index (χ0v) is 14.5. The summed E-state index contributed by atoms with van der Waals surface area (Å²) < 4.78 is 44.6. The molecule has 2 aromatic carbocycles. The Morgan fingerprint density at radius 3 is 2.48 bits per heavy atom. The van der Waals surface area contributed by atoms with Crippen molar-refractivity contribution in [2.75, 3.05) is 20.2 Å². The summed E-state index contributed by atoms with van der Waals surface area (Å²) in [7, 11) is -2.16. The fourth-order valence-electron chi connectivity index (χ4n) is 2.12. The average Bonchev–Trinajstić information content (AvgIpc) is 2.59. The van der Waals surface area contributed by atoms with Gasteiger partial charge in [-0.25, -0.2) is 17.5 Å². The molecule has 0 atom stereocenters. The van der Waals surface area contributed by atoms with Gasteiger partial charge in [0.15, 0.2) is 0 Å². The summed E-state index contributed by atoms with van der Waals surface area (Å²) in [6.45, 7) is 0.173. The number of ether oxygens (including phenoxy) is 1. The molecule has 2 aromatic rings. The number of hydrogen-bond acceptors (Lipinski definition) is 4. The summed E-state index contributed by atoms with van der Waals surface area (Å²) in [6, 6.07) is 11.7. The minimum Gasteiger partial charge on any atom is -0.497 e. The van der Waals surface area contributed by atoms with E-state index in [-0.39, 0.29) is 30.3 Å². The van der Waals surface area contributed by atoms with E-state index in [1.54, 1.807) is 18.2 Å². The number of methoxy groups -OCH3 is 1. The number of halogens is 1. The monoisotopic (exact) mass is 366 g/mol. The number of rotatable bonds is 8. The Balaban J connectivity index is 1.78. The van der Waals surface area contributed by atoms with Gasteiger partial charge in [-0.1, -0.05) is 12.1 Å². The van der Waals surface area contributed by atoms with Crippen molar-refractivity contribution in [3.63, 3.8) is 0 Å². The number of sulfonamides is 1. The molecule has 0 aromatic heterocycles. The number of carbonyl (C=O) groups excluding carboxylic acids is 1. The second kappa shape index (κ2) is 8.59. The van der Waals surface area contributed by atoms with Crippen LogP contribution in [-0.2, 0) is 21.2 Å². The summed E-state index contributed by atoms with van der Waals surface area (Å²) in [4.78, 5) is 11.9. The predicted octanol–water partition coefficient (Wildman–Crippen LogP) is 1.47. The fraction of sp³-hybridized carbons (Fsp3) is 0.235. The quantitative estimate of drug-likeness (QED) is 0.693. The van der Waals surface area contributed by atoms with Gasteiger partial charge < -0.3 is 10.1 Å². The predicted molar refractivity (Wildman–Crippen MR) is 91.3 cm³/mol. The smallest absolute Gasteiger partial charge is 0.240 e. The number of amides is 1. The summed E-state index contributed by atoms with van der Waals surface area (Å²) in [5.41, 5.74) is 0.552. The minimum atomic E-state index is -3.65. The van der Waals surface area contributed by atoms with Gasteiger partial charge in [-0.15, -0.1) is 0 Å².